The number of hydrogen-bond donors (Lipinski definition) is 1. The van der Waals surface area contributed by atoms with Crippen LogP contribution in [0.1, 0.15) is 12.5 Å². The Labute approximate surface area is 134 Å². The molecule has 0 aliphatic carbocycles. The van der Waals surface area contributed by atoms with Crippen LogP contribution in [0.25, 0.3) is 11.2 Å². The Hall–Kier alpha value is -1.12. The van der Waals surface area contributed by atoms with E-state index in [-0.39, 0.29) is 5.75 Å². The van der Waals surface area contributed by atoms with Crippen molar-refractivity contribution >= 4 is 44.8 Å². The number of likely N-dealkylation sites (tertiary alicyclic amines) is 1. The zero-order chi connectivity index (χ0) is 15.0. The predicted octanol–water partition coefficient (Wildman–Crippen LogP) is 2.25. The minimum Gasteiger partial charge on any atom is -0.481 e. The van der Waals surface area contributed by atoms with E-state index < -0.39 is 5.97 Å². The number of nitrogens with zero attached hydrogens (tertiary/aromatic N) is 4. The molecule has 2 aromatic heterocycles. The van der Waals surface area contributed by atoms with Crippen molar-refractivity contribution in [3.63, 3.8) is 0 Å². The molecule has 8 heteroatoms. The molecular weight excluding hydrogens is 356 g/mol. The molecule has 0 spiro atoms. The summed E-state index contributed by atoms with van der Waals surface area (Å²) < 4.78 is 2.97. The summed E-state index contributed by atoms with van der Waals surface area (Å²) in [5.74, 6) is -0.830. The van der Waals surface area contributed by atoms with E-state index >= 15 is 0 Å². The maximum atomic E-state index is 10.8. The normalized spacial score (nSPS) is 19.4. The second-order valence-electron chi connectivity index (χ2n) is 5.15. The number of carboxylic acids is 1. The average molecular weight is 371 g/mol. The van der Waals surface area contributed by atoms with Crippen LogP contribution in [0, 0.1) is 0 Å². The van der Waals surface area contributed by atoms with Gasteiger partial charge in [-0.25, -0.2) is 9.97 Å². The van der Waals surface area contributed by atoms with Crippen LogP contribution in [0.3, 0.4) is 0 Å². The quantitative estimate of drug-likeness (QED) is 0.832. The first-order valence-electron chi connectivity index (χ1n) is 6.61. The Morgan fingerprint density at radius 3 is 3.10 bits per heavy atom. The van der Waals surface area contributed by atoms with Crippen LogP contribution < -0.4 is 0 Å². The Morgan fingerprint density at radius 1 is 1.62 bits per heavy atom. The van der Waals surface area contributed by atoms with E-state index in [4.69, 9.17) is 5.11 Å². The molecule has 0 bridgehead atoms. The largest absolute Gasteiger partial charge is 0.481 e. The van der Waals surface area contributed by atoms with Gasteiger partial charge in [-0.05, 0) is 42.0 Å². The molecule has 3 heterocycles. The van der Waals surface area contributed by atoms with E-state index in [1.807, 2.05) is 6.07 Å². The van der Waals surface area contributed by atoms with E-state index in [9.17, 15) is 4.79 Å². The van der Waals surface area contributed by atoms with Crippen molar-refractivity contribution in [3.05, 3.63) is 16.7 Å². The molecule has 0 aromatic carbocycles. The molecule has 3 rings (SSSR count). The Bertz CT molecular complexity index is 690. The molecular formula is C13H15BrN4O2S. The summed E-state index contributed by atoms with van der Waals surface area (Å²) in [7, 11) is 2.09. The number of likely N-dealkylation sites (N-methyl/N-ethyl adjacent to an activating group) is 1. The lowest BCUT2D eigenvalue weighted by Crippen LogP contribution is -2.17. The molecule has 0 radical (unpaired) electrons. The van der Waals surface area contributed by atoms with Crippen LogP contribution >= 0.6 is 27.7 Å². The highest BCUT2D eigenvalue weighted by Crippen LogP contribution is 2.31. The van der Waals surface area contributed by atoms with Crippen molar-refractivity contribution in [3.8, 4) is 0 Å². The lowest BCUT2D eigenvalue weighted by Gasteiger charge is -2.15. The summed E-state index contributed by atoms with van der Waals surface area (Å²) in [4.78, 5) is 22.1. The minimum absolute atomic E-state index is 0.00699. The Kier molecular flexibility index (Phi) is 4.19. The van der Waals surface area contributed by atoms with Crippen LogP contribution in [-0.4, -0.2) is 56.4 Å². The third-order valence-corrected chi connectivity index (χ3v) is 4.89. The van der Waals surface area contributed by atoms with Gasteiger partial charge in [0.05, 0.1) is 11.8 Å². The third-order valence-electron chi connectivity index (χ3n) is 3.52. The van der Waals surface area contributed by atoms with Gasteiger partial charge in [0.15, 0.2) is 10.8 Å². The van der Waals surface area contributed by atoms with Gasteiger partial charge in [0.1, 0.15) is 5.52 Å². The van der Waals surface area contributed by atoms with Gasteiger partial charge in [-0.1, -0.05) is 11.8 Å². The molecule has 1 fully saturated rings. The van der Waals surface area contributed by atoms with Crippen molar-refractivity contribution in [2.75, 3.05) is 25.9 Å². The van der Waals surface area contributed by atoms with Crippen LogP contribution in [-0.2, 0) is 4.79 Å². The standard InChI is InChI=1S/C13H15BrN4O2S/c1-17-3-2-9(6-17)18-12-10(4-8(14)5-15-12)16-13(18)21-7-11(19)20/h4-5,9H,2-3,6-7H2,1H3,(H,19,20). The molecule has 1 atom stereocenters. The molecule has 21 heavy (non-hydrogen) atoms. The number of aromatic nitrogens is 3. The zero-order valence-corrected chi connectivity index (χ0v) is 13.9. The van der Waals surface area contributed by atoms with E-state index in [1.54, 1.807) is 6.20 Å². The van der Waals surface area contributed by atoms with Gasteiger partial charge in [-0.2, -0.15) is 0 Å². The van der Waals surface area contributed by atoms with Gasteiger partial charge in [0.25, 0.3) is 0 Å². The van der Waals surface area contributed by atoms with Crippen molar-refractivity contribution in [1.82, 2.24) is 19.4 Å². The fourth-order valence-electron chi connectivity index (χ4n) is 2.62. The van der Waals surface area contributed by atoms with Crippen LogP contribution in [0.15, 0.2) is 21.9 Å². The van der Waals surface area contributed by atoms with E-state index in [0.29, 0.717) is 6.04 Å². The first-order valence-corrected chi connectivity index (χ1v) is 8.39. The van der Waals surface area contributed by atoms with Crippen molar-refractivity contribution in [1.29, 1.82) is 0 Å². The fourth-order valence-corrected chi connectivity index (χ4v) is 3.73. The second kappa shape index (κ2) is 5.94. The summed E-state index contributed by atoms with van der Waals surface area (Å²) >= 11 is 4.65. The third kappa shape index (κ3) is 3.07. The fraction of sp³-hybridized carbons (Fsp3) is 0.462. The Morgan fingerprint density at radius 2 is 2.43 bits per heavy atom. The minimum atomic E-state index is -0.837. The van der Waals surface area contributed by atoms with Gasteiger partial charge >= 0.3 is 5.97 Å². The molecule has 0 amide bonds. The van der Waals surface area contributed by atoms with E-state index in [1.165, 1.54) is 11.8 Å². The number of imidazole rings is 1. The molecule has 1 unspecified atom stereocenters. The van der Waals surface area contributed by atoms with E-state index in [0.717, 1.165) is 40.3 Å². The number of halogens is 1. The predicted molar refractivity (Wildman–Crippen MR) is 84.7 cm³/mol. The summed E-state index contributed by atoms with van der Waals surface area (Å²) in [5, 5.41) is 9.64. The first kappa shape index (κ1) is 14.8. The molecule has 1 saturated heterocycles. The lowest BCUT2D eigenvalue weighted by molar-refractivity contribution is -0.133. The first-order chi connectivity index (χ1) is 10.0. The lowest BCUT2D eigenvalue weighted by atomic mass is 10.2. The highest BCUT2D eigenvalue weighted by molar-refractivity contribution is 9.10. The number of carboxylic acid groups (broad SMARTS) is 1. The van der Waals surface area contributed by atoms with Gasteiger partial charge < -0.3 is 10.0 Å². The van der Waals surface area contributed by atoms with Crippen LogP contribution in [0.5, 0.6) is 0 Å². The number of pyridine rings is 1. The van der Waals surface area contributed by atoms with Crippen molar-refractivity contribution in [2.45, 2.75) is 17.6 Å². The maximum absolute atomic E-state index is 10.8. The van der Waals surface area contributed by atoms with Gasteiger partial charge in [-0.3, -0.25) is 9.36 Å². The zero-order valence-electron chi connectivity index (χ0n) is 11.5. The Balaban J connectivity index is 2.04. The number of rotatable bonds is 4. The second-order valence-corrected chi connectivity index (χ2v) is 7.01. The number of thioether (sulfide) groups is 1. The van der Waals surface area contributed by atoms with E-state index in [2.05, 4.69) is 42.4 Å². The summed E-state index contributed by atoms with van der Waals surface area (Å²) in [5.41, 5.74) is 1.62. The van der Waals surface area contributed by atoms with Gasteiger partial charge in [-0.15, -0.1) is 0 Å². The van der Waals surface area contributed by atoms with Crippen LogP contribution in [0.2, 0.25) is 0 Å². The van der Waals surface area contributed by atoms with Crippen LogP contribution in [0.4, 0.5) is 0 Å². The number of aliphatic carboxylic acids is 1. The summed E-state index contributed by atoms with van der Waals surface area (Å²) in [6.07, 6.45) is 2.78. The highest BCUT2D eigenvalue weighted by atomic mass is 79.9. The van der Waals surface area contributed by atoms with Crippen molar-refractivity contribution in [2.24, 2.45) is 0 Å². The molecule has 2 aromatic rings. The number of fused-ring (bicyclic) bond motifs is 1. The molecule has 6 nitrogen and oxygen atoms in total. The molecule has 1 aliphatic heterocycles. The SMILES string of the molecule is CN1CCC(n2c(SCC(=O)O)nc3cc(Br)cnc32)C1. The topological polar surface area (TPSA) is 71.2 Å². The molecule has 0 saturated carbocycles. The number of hydrogen-bond acceptors (Lipinski definition) is 5. The monoisotopic (exact) mass is 370 g/mol. The summed E-state index contributed by atoms with van der Waals surface area (Å²) in [6.45, 7) is 1.97. The molecule has 1 aliphatic rings. The van der Waals surface area contributed by atoms with Gasteiger partial charge in [0.2, 0.25) is 0 Å². The highest BCUT2D eigenvalue weighted by Gasteiger charge is 2.26. The summed E-state index contributed by atoms with van der Waals surface area (Å²) in [6, 6.07) is 2.22. The average Bonchev–Trinajstić information content (AvgIpc) is 2.98. The smallest absolute Gasteiger partial charge is 0.313 e. The van der Waals surface area contributed by atoms with Gasteiger partial charge in [0, 0.05) is 17.2 Å². The maximum Gasteiger partial charge on any atom is 0.313 e. The number of carbonyl (C=O) groups is 1. The van der Waals surface area contributed by atoms with Crippen molar-refractivity contribution < 1.29 is 9.90 Å². The molecule has 1 N–H and O–H groups in total. The molecule has 112 valence electrons.